The van der Waals surface area contributed by atoms with Gasteiger partial charge in [0.2, 0.25) is 0 Å². The maximum absolute atomic E-state index is 2.57. The molecule has 3 heteroatoms. The van der Waals surface area contributed by atoms with Crippen molar-refractivity contribution in [3.8, 4) is 0 Å². The zero-order chi connectivity index (χ0) is 20.7. The molecule has 0 aliphatic heterocycles. The molecule has 3 unspecified atom stereocenters. The van der Waals surface area contributed by atoms with Gasteiger partial charge in [-0.25, -0.2) is 0 Å². The summed E-state index contributed by atoms with van der Waals surface area (Å²) in [6.07, 6.45) is 3.93. The maximum Gasteiger partial charge on any atom is -0.0199 e. The molecule has 0 aliphatic carbocycles. The SMILES string of the molecule is CP(CC(C)(CP(C)c1ccccc1)CP(C)c1ccccc1)c1ccccc1. The van der Waals surface area contributed by atoms with Crippen LogP contribution < -0.4 is 15.9 Å². The van der Waals surface area contributed by atoms with E-state index in [0.29, 0.717) is 5.41 Å². The molecule has 0 aliphatic rings. The molecule has 3 atom stereocenters. The fraction of sp³-hybridized carbons (Fsp3) is 0.308. The Morgan fingerprint density at radius 2 is 0.724 bits per heavy atom. The summed E-state index contributed by atoms with van der Waals surface area (Å²) in [6.45, 7) is 10.00. The molecule has 0 heterocycles. The van der Waals surface area contributed by atoms with Crippen LogP contribution in [0.15, 0.2) is 91.0 Å². The zero-order valence-corrected chi connectivity index (χ0v) is 20.8. The van der Waals surface area contributed by atoms with Crippen molar-refractivity contribution < 1.29 is 0 Å². The lowest BCUT2D eigenvalue weighted by Crippen LogP contribution is -2.32. The van der Waals surface area contributed by atoms with Gasteiger partial charge in [0.15, 0.2) is 0 Å². The van der Waals surface area contributed by atoms with Crippen molar-refractivity contribution in [3.63, 3.8) is 0 Å². The standard InChI is InChI=1S/C26H33P3/c1-26(20-27(2)23-14-8-5-9-15-23,21-28(3)24-16-10-6-11-17-24)22-29(4)25-18-12-7-13-19-25/h5-19H,20-22H2,1-4H3. The van der Waals surface area contributed by atoms with Crippen LogP contribution in [0.3, 0.4) is 0 Å². The van der Waals surface area contributed by atoms with Crippen LogP contribution in [0.5, 0.6) is 0 Å². The minimum absolute atomic E-state index is 0.142. The molecule has 0 saturated heterocycles. The summed E-state index contributed by atoms with van der Waals surface area (Å²) in [4.78, 5) is 0. The molecule has 0 aromatic heterocycles. The molecule has 29 heavy (non-hydrogen) atoms. The number of hydrogen-bond donors (Lipinski definition) is 0. The van der Waals surface area contributed by atoms with Gasteiger partial charge in [0, 0.05) is 0 Å². The van der Waals surface area contributed by atoms with Gasteiger partial charge >= 0.3 is 0 Å². The summed E-state index contributed by atoms with van der Waals surface area (Å²) in [5, 5.41) is 4.61. The summed E-state index contributed by atoms with van der Waals surface area (Å²) in [6, 6.07) is 33.5. The van der Waals surface area contributed by atoms with Gasteiger partial charge in [0.25, 0.3) is 0 Å². The minimum atomic E-state index is -0.142. The Balaban J connectivity index is 1.81. The third kappa shape index (κ3) is 6.72. The van der Waals surface area contributed by atoms with E-state index in [-0.39, 0.29) is 23.8 Å². The summed E-state index contributed by atoms with van der Waals surface area (Å²) in [5.74, 6) is 0. The zero-order valence-electron chi connectivity index (χ0n) is 18.1. The van der Waals surface area contributed by atoms with E-state index in [4.69, 9.17) is 0 Å². The molecule has 0 N–H and O–H groups in total. The second kappa shape index (κ2) is 10.8. The van der Waals surface area contributed by atoms with E-state index in [1.807, 2.05) is 0 Å². The molecule has 3 aromatic carbocycles. The highest BCUT2D eigenvalue weighted by molar-refractivity contribution is 7.67. The van der Waals surface area contributed by atoms with Crippen molar-refractivity contribution >= 4 is 39.7 Å². The maximum atomic E-state index is 2.57. The highest BCUT2D eigenvalue weighted by atomic mass is 31.1. The molecule has 152 valence electrons. The molecule has 0 fully saturated rings. The van der Waals surface area contributed by atoms with Crippen LogP contribution in [0.1, 0.15) is 6.92 Å². The van der Waals surface area contributed by atoms with Gasteiger partial charge in [-0.1, -0.05) is 122 Å². The van der Waals surface area contributed by atoms with Crippen LogP contribution >= 0.6 is 23.8 Å². The summed E-state index contributed by atoms with van der Waals surface area (Å²) in [5.41, 5.74) is 0.364. The summed E-state index contributed by atoms with van der Waals surface area (Å²) < 4.78 is 0. The van der Waals surface area contributed by atoms with E-state index in [0.717, 1.165) is 0 Å². The number of hydrogen-bond acceptors (Lipinski definition) is 0. The van der Waals surface area contributed by atoms with Crippen LogP contribution in [0.25, 0.3) is 0 Å². The van der Waals surface area contributed by atoms with Crippen LogP contribution in [-0.2, 0) is 0 Å². The lowest BCUT2D eigenvalue weighted by atomic mass is 9.99. The average Bonchev–Trinajstić information content (AvgIpc) is 2.75. The van der Waals surface area contributed by atoms with Gasteiger partial charge in [-0.3, -0.25) is 0 Å². The van der Waals surface area contributed by atoms with E-state index < -0.39 is 0 Å². The van der Waals surface area contributed by atoms with Crippen LogP contribution in [0, 0.1) is 5.41 Å². The van der Waals surface area contributed by atoms with Crippen molar-refractivity contribution in [3.05, 3.63) is 91.0 Å². The Morgan fingerprint density at radius 1 is 0.483 bits per heavy atom. The molecule has 0 radical (unpaired) electrons. The van der Waals surface area contributed by atoms with E-state index in [9.17, 15) is 0 Å². The second-order valence-electron chi connectivity index (χ2n) is 8.39. The molecule has 0 bridgehead atoms. The average molecular weight is 438 g/mol. The molecular formula is C26H33P3. The smallest absolute Gasteiger partial charge is 0.0199 e. The first kappa shape index (κ1) is 22.6. The molecule has 3 aromatic rings. The fourth-order valence-electron chi connectivity index (χ4n) is 4.19. The Labute approximate surface area is 181 Å². The Kier molecular flexibility index (Phi) is 8.45. The van der Waals surface area contributed by atoms with Crippen molar-refractivity contribution in [1.82, 2.24) is 0 Å². The van der Waals surface area contributed by atoms with E-state index in [2.05, 4.69) is 118 Å². The second-order valence-corrected chi connectivity index (χ2v) is 15.1. The number of rotatable bonds is 9. The third-order valence-corrected chi connectivity index (χ3v) is 12.7. The quantitative estimate of drug-likeness (QED) is 0.344. The van der Waals surface area contributed by atoms with E-state index >= 15 is 0 Å². The molecule has 0 saturated carbocycles. The highest BCUT2D eigenvalue weighted by Crippen LogP contribution is 2.49. The highest BCUT2D eigenvalue weighted by Gasteiger charge is 2.31. The van der Waals surface area contributed by atoms with Crippen molar-refractivity contribution in [2.24, 2.45) is 5.41 Å². The largest absolute Gasteiger partial charge is 0.0779 e. The molecule has 0 nitrogen and oxygen atoms in total. The Hall–Kier alpha value is -1.05. The van der Waals surface area contributed by atoms with E-state index in [1.54, 1.807) is 0 Å². The summed E-state index contributed by atoms with van der Waals surface area (Å²) in [7, 11) is -0.426. The van der Waals surface area contributed by atoms with Crippen molar-refractivity contribution in [1.29, 1.82) is 0 Å². The van der Waals surface area contributed by atoms with Gasteiger partial charge in [-0.05, 0) is 59.8 Å². The van der Waals surface area contributed by atoms with Gasteiger partial charge < -0.3 is 0 Å². The lowest BCUT2D eigenvalue weighted by molar-refractivity contribution is 0.496. The van der Waals surface area contributed by atoms with Gasteiger partial charge in [0.05, 0.1) is 0 Å². The molecular weight excluding hydrogens is 405 g/mol. The topological polar surface area (TPSA) is 0 Å². The van der Waals surface area contributed by atoms with Crippen molar-refractivity contribution in [2.45, 2.75) is 6.92 Å². The first-order chi connectivity index (χ1) is 14.0. The van der Waals surface area contributed by atoms with Crippen LogP contribution in [0.2, 0.25) is 0 Å². The molecule has 3 rings (SSSR count). The fourth-order valence-corrected chi connectivity index (χ4v) is 11.4. The number of benzene rings is 3. The lowest BCUT2D eigenvalue weighted by Gasteiger charge is -2.37. The van der Waals surface area contributed by atoms with E-state index in [1.165, 1.54) is 34.4 Å². The first-order valence-electron chi connectivity index (χ1n) is 10.3. The van der Waals surface area contributed by atoms with Crippen molar-refractivity contribution in [2.75, 3.05) is 38.5 Å². The Bertz CT molecular complexity index is 733. The predicted octanol–water partition coefficient (Wildman–Crippen LogP) is 6.30. The predicted molar refractivity (Wildman–Crippen MR) is 139 cm³/mol. The normalized spacial score (nSPS) is 16.6. The molecule has 0 spiro atoms. The van der Waals surface area contributed by atoms with Gasteiger partial charge in [0.1, 0.15) is 0 Å². The molecule has 0 amide bonds. The van der Waals surface area contributed by atoms with Crippen LogP contribution in [0.4, 0.5) is 0 Å². The monoisotopic (exact) mass is 438 g/mol. The van der Waals surface area contributed by atoms with Gasteiger partial charge in [-0.15, -0.1) is 0 Å². The summed E-state index contributed by atoms with van der Waals surface area (Å²) >= 11 is 0. The third-order valence-electron chi connectivity index (χ3n) is 5.45. The van der Waals surface area contributed by atoms with Gasteiger partial charge in [-0.2, -0.15) is 0 Å². The first-order valence-corrected chi connectivity index (χ1v) is 16.2. The van der Waals surface area contributed by atoms with Crippen LogP contribution in [-0.4, -0.2) is 38.5 Å². The minimum Gasteiger partial charge on any atom is -0.0779 e. The Morgan fingerprint density at radius 3 is 0.966 bits per heavy atom.